The summed E-state index contributed by atoms with van der Waals surface area (Å²) in [5, 5.41) is 22.5. The molecule has 1 aromatic carbocycles. The number of quaternary nitrogens is 1. The molecule has 0 aliphatic rings. The van der Waals surface area contributed by atoms with E-state index in [1.165, 1.54) is 6.07 Å². The van der Waals surface area contributed by atoms with Crippen LogP contribution in [0.2, 0.25) is 10.0 Å². The van der Waals surface area contributed by atoms with Crippen molar-refractivity contribution in [3.8, 4) is 5.75 Å². The van der Waals surface area contributed by atoms with Crippen molar-refractivity contribution in [3.63, 3.8) is 0 Å². The van der Waals surface area contributed by atoms with Crippen LogP contribution in [0.3, 0.4) is 0 Å². The molecule has 0 fully saturated rings. The fraction of sp³-hybridized carbons (Fsp3) is 0.455. The second kappa shape index (κ2) is 5.23. The van der Waals surface area contributed by atoms with Crippen LogP contribution in [-0.2, 0) is 6.54 Å². The van der Waals surface area contributed by atoms with Crippen LogP contribution in [0.25, 0.3) is 0 Å². The average molecular weight is 264 g/mol. The number of hydrogen-bond donors (Lipinski definition) is 1. The summed E-state index contributed by atoms with van der Waals surface area (Å²) in [6.07, 6.45) is 0. The van der Waals surface area contributed by atoms with E-state index in [0.29, 0.717) is 23.7 Å². The van der Waals surface area contributed by atoms with Crippen LogP contribution in [0.5, 0.6) is 5.75 Å². The predicted molar refractivity (Wildman–Crippen MR) is 66.5 cm³/mol. The molecule has 1 N–H and O–H groups in total. The highest BCUT2D eigenvalue weighted by molar-refractivity contribution is 6.35. The normalized spacial score (nSPS) is 11.8. The molecule has 0 bridgehead atoms. The number of rotatable bonds is 4. The van der Waals surface area contributed by atoms with Gasteiger partial charge in [0.1, 0.15) is 12.3 Å². The lowest BCUT2D eigenvalue weighted by molar-refractivity contribution is -0.890. The standard InChI is InChI=1S/C11H15Cl2NO2/c1-3-14(16,4-2)7-8-5-9(12)6-10(13)11(8)15/h5-6,15H,3-4,7H2,1-2H3. The molecule has 0 unspecified atom stereocenters. The molecule has 16 heavy (non-hydrogen) atoms. The lowest BCUT2D eigenvalue weighted by atomic mass is 10.2. The van der Waals surface area contributed by atoms with Gasteiger partial charge in [-0.05, 0) is 26.0 Å². The fourth-order valence-electron chi connectivity index (χ4n) is 1.50. The number of phenolic OH excluding ortho intramolecular Hbond substituents is 1. The number of phenols is 1. The van der Waals surface area contributed by atoms with Crippen LogP contribution in [0.4, 0.5) is 0 Å². The maximum atomic E-state index is 12.1. The van der Waals surface area contributed by atoms with E-state index < -0.39 is 4.65 Å². The summed E-state index contributed by atoms with van der Waals surface area (Å²) in [5.41, 5.74) is 0.496. The summed E-state index contributed by atoms with van der Waals surface area (Å²) in [6.45, 7) is 4.71. The first-order valence-corrected chi connectivity index (χ1v) is 5.91. The number of aromatic hydroxyl groups is 1. The Labute approximate surface area is 105 Å². The molecule has 0 radical (unpaired) electrons. The number of benzene rings is 1. The number of hydrogen-bond acceptors (Lipinski definition) is 2. The number of hydroxylamine groups is 3. The highest BCUT2D eigenvalue weighted by atomic mass is 35.5. The third kappa shape index (κ3) is 3.01. The molecule has 0 amide bonds. The Hall–Kier alpha value is -0.480. The summed E-state index contributed by atoms with van der Waals surface area (Å²) < 4.78 is -0.399. The Morgan fingerprint density at radius 3 is 2.31 bits per heavy atom. The Kier molecular flexibility index (Phi) is 4.44. The Bertz CT molecular complexity index is 378. The molecule has 0 aliphatic carbocycles. The molecule has 0 aromatic heterocycles. The van der Waals surface area contributed by atoms with Gasteiger partial charge in [-0.15, -0.1) is 0 Å². The van der Waals surface area contributed by atoms with E-state index >= 15 is 0 Å². The topological polar surface area (TPSA) is 43.3 Å². The molecule has 0 spiro atoms. The zero-order valence-electron chi connectivity index (χ0n) is 9.33. The zero-order chi connectivity index (χ0) is 12.3. The molecular weight excluding hydrogens is 249 g/mol. The van der Waals surface area contributed by atoms with Crippen molar-refractivity contribution in [2.24, 2.45) is 0 Å². The van der Waals surface area contributed by atoms with Gasteiger partial charge in [-0.2, -0.15) is 0 Å². The first-order valence-electron chi connectivity index (χ1n) is 5.16. The lowest BCUT2D eigenvalue weighted by Crippen LogP contribution is -2.40. The highest BCUT2D eigenvalue weighted by Crippen LogP contribution is 2.32. The van der Waals surface area contributed by atoms with Gasteiger partial charge >= 0.3 is 0 Å². The maximum absolute atomic E-state index is 12.1. The molecule has 90 valence electrons. The molecule has 0 saturated carbocycles. The molecule has 0 heterocycles. The molecular formula is C11H15Cl2NO2. The van der Waals surface area contributed by atoms with Gasteiger partial charge in [0.15, 0.2) is 0 Å². The largest absolute Gasteiger partial charge is 0.633 e. The summed E-state index contributed by atoms with van der Waals surface area (Å²) in [7, 11) is 0. The number of halogens is 2. The first-order chi connectivity index (χ1) is 7.41. The van der Waals surface area contributed by atoms with E-state index in [1.54, 1.807) is 6.07 Å². The molecule has 3 nitrogen and oxygen atoms in total. The molecule has 5 heteroatoms. The highest BCUT2D eigenvalue weighted by Gasteiger charge is 2.17. The van der Waals surface area contributed by atoms with Gasteiger partial charge in [-0.25, -0.2) is 0 Å². The van der Waals surface area contributed by atoms with E-state index in [9.17, 15) is 10.3 Å². The Morgan fingerprint density at radius 2 is 1.81 bits per heavy atom. The van der Waals surface area contributed by atoms with Gasteiger partial charge in [-0.1, -0.05) is 23.2 Å². The summed E-state index contributed by atoms with van der Waals surface area (Å²) in [5.74, 6) is -0.0497. The third-order valence-electron chi connectivity index (χ3n) is 2.72. The van der Waals surface area contributed by atoms with E-state index in [4.69, 9.17) is 23.2 Å². The summed E-state index contributed by atoms with van der Waals surface area (Å²) in [4.78, 5) is 0. The molecule has 0 aliphatic heterocycles. The van der Waals surface area contributed by atoms with Gasteiger partial charge in [0.2, 0.25) is 0 Å². The summed E-state index contributed by atoms with van der Waals surface area (Å²) in [6, 6.07) is 3.04. The maximum Gasteiger partial charge on any atom is 0.143 e. The Morgan fingerprint density at radius 1 is 1.25 bits per heavy atom. The van der Waals surface area contributed by atoms with Crippen molar-refractivity contribution in [3.05, 3.63) is 32.9 Å². The monoisotopic (exact) mass is 263 g/mol. The van der Waals surface area contributed by atoms with Gasteiger partial charge in [0, 0.05) is 5.02 Å². The minimum atomic E-state index is -0.399. The van der Waals surface area contributed by atoms with Crippen molar-refractivity contribution in [1.82, 2.24) is 0 Å². The van der Waals surface area contributed by atoms with Crippen LogP contribution in [0, 0.1) is 5.21 Å². The van der Waals surface area contributed by atoms with E-state index in [2.05, 4.69) is 0 Å². The quantitative estimate of drug-likeness (QED) is 0.667. The van der Waals surface area contributed by atoms with Crippen LogP contribution in [0.15, 0.2) is 12.1 Å². The van der Waals surface area contributed by atoms with Crippen molar-refractivity contribution >= 4 is 23.2 Å². The van der Waals surface area contributed by atoms with Gasteiger partial charge in [0.25, 0.3) is 0 Å². The van der Waals surface area contributed by atoms with Crippen LogP contribution in [-0.4, -0.2) is 22.8 Å². The van der Waals surface area contributed by atoms with E-state index in [-0.39, 0.29) is 17.3 Å². The second-order valence-electron chi connectivity index (χ2n) is 3.74. The lowest BCUT2D eigenvalue weighted by Gasteiger charge is -2.41. The van der Waals surface area contributed by atoms with Gasteiger partial charge in [0.05, 0.1) is 23.7 Å². The van der Waals surface area contributed by atoms with Crippen LogP contribution < -0.4 is 0 Å². The fourth-order valence-corrected chi connectivity index (χ4v) is 2.03. The van der Waals surface area contributed by atoms with Crippen molar-refractivity contribution in [2.45, 2.75) is 20.4 Å². The Balaban J connectivity index is 3.05. The zero-order valence-corrected chi connectivity index (χ0v) is 10.8. The predicted octanol–water partition coefficient (Wildman–Crippen LogP) is 3.55. The van der Waals surface area contributed by atoms with Crippen LogP contribution >= 0.6 is 23.2 Å². The SMILES string of the molecule is CC[N+]([O-])(CC)Cc1cc(Cl)cc(Cl)c1O. The smallest absolute Gasteiger partial charge is 0.143 e. The minimum absolute atomic E-state index is 0.0497. The van der Waals surface area contributed by atoms with Gasteiger partial charge < -0.3 is 15.0 Å². The van der Waals surface area contributed by atoms with Crippen molar-refractivity contribution in [1.29, 1.82) is 0 Å². The second-order valence-corrected chi connectivity index (χ2v) is 4.59. The van der Waals surface area contributed by atoms with Crippen molar-refractivity contribution in [2.75, 3.05) is 13.1 Å². The summed E-state index contributed by atoms with van der Waals surface area (Å²) >= 11 is 11.6. The van der Waals surface area contributed by atoms with E-state index in [0.717, 1.165) is 0 Å². The molecule has 0 saturated heterocycles. The minimum Gasteiger partial charge on any atom is -0.633 e. The molecule has 0 atom stereocenters. The van der Waals surface area contributed by atoms with E-state index in [1.807, 2.05) is 13.8 Å². The number of nitrogens with zero attached hydrogens (tertiary/aromatic N) is 1. The van der Waals surface area contributed by atoms with Crippen LogP contribution in [0.1, 0.15) is 19.4 Å². The third-order valence-corrected chi connectivity index (χ3v) is 3.22. The first kappa shape index (κ1) is 13.6. The van der Waals surface area contributed by atoms with Crippen molar-refractivity contribution < 1.29 is 9.75 Å². The molecule has 1 aromatic rings. The van der Waals surface area contributed by atoms with Gasteiger partial charge in [-0.3, -0.25) is 0 Å². The molecule has 1 rings (SSSR count). The average Bonchev–Trinajstić information content (AvgIpc) is 2.25.